The molecule has 0 spiro atoms. The minimum absolute atomic E-state index is 0.192. The van der Waals surface area contributed by atoms with Crippen molar-refractivity contribution in [3.05, 3.63) is 0 Å². The van der Waals surface area contributed by atoms with Gasteiger partial charge in [0, 0.05) is 25.2 Å². The zero-order chi connectivity index (χ0) is 8.43. The molecule has 0 aromatic heterocycles. The Balaban J connectivity index is 2.34. The summed E-state index contributed by atoms with van der Waals surface area (Å²) in [5, 5.41) is 12.8. The van der Waals surface area contributed by atoms with Crippen LogP contribution in [-0.4, -0.2) is 48.3 Å². The summed E-state index contributed by atoms with van der Waals surface area (Å²) >= 11 is 0. The fourth-order valence-electron chi connectivity index (χ4n) is 1.57. The lowest BCUT2D eigenvalue weighted by molar-refractivity contribution is 0.153. The van der Waals surface area contributed by atoms with Gasteiger partial charge < -0.3 is 15.3 Å². The molecule has 2 N–H and O–H groups in total. The van der Waals surface area contributed by atoms with Gasteiger partial charge in [-0.15, -0.1) is 0 Å². The molecule has 0 radical (unpaired) electrons. The normalized spacial score (nSPS) is 33.5. The van der Waals surface area contributed by atoms with E-state index in [-0.39, 0.29) is 12.1 Å². The van der Waals surface area contributed by atoms with E-state index >= 15 is 0 Å². The molecule has 0 bridgehead atoms. The molecule has 0 saturated carbocycles. The van der Waals surface area contributed by atoms with Crippen molar-refractivity contribution in [2.45, 2.75) is 32.0 Å². The molecule has 2 atom stereocenters. The zero-order valence-corrected chi connectivity index (χ0v) is 7.54. The number of aliphatic hydroxyl groups is 1. The number of likely N-dealkylation sites (tertiary alicyclic amines) is 1. The highest BCUT2D eigenvalue weighted by Gasteiger charge is 2.28. The van der Waals surface area contributed by atoms with Gasteiger partial charge in [0.25, 0.3) is 0 Å². The van der Waals surface area contributed by atoms with Gasteiger partial charge in [0.2, 0.25) is 0 Å². The number of nitrogens with zero attached hydrogens (tertiary/aromatic N) is 1. The molecule has 1 fully saturated rings. The average Bonchev–Trinajstić information content (AvgIpc) is 2.09. The van der Waals surface area contributed by atoms with Crippen molar-refractivity contribution in [2.75, 3.05) is 20.1 Å². The molecule has 1 heterocycles. The second-order valence-corrected chi connectivity index (χ2v) is 3.72. The van der Waals surface area contributed by atoms with Gasteiger partial charge in [-0.05, 0) is 7.05 Å². The first-order valence-corrected chi connectivity index (χ1v) is 4.22. The summed E-state index contributed by atoms with van der Waals surface area (Å²) in [6.07, 6.45) is -0.192. The van der Waals surface area contributed by atoms with Crippen LogP contribution in [0.3, 0.4) is 0 Å². The van der Waals surface area contributed by atoms with Crippen LogP contribution in [0.2, 0.25) is 0 Å². The Morgan fingerprint density at radius 2 is 2.09 bits per heavy atom. The summed E-state index contributed by atoms with van der Waals surface area (Å²) in [5.41, 5.74) is 0. The van der Waals surface area contributed by atoms with E-state index in [9.17, 15) is 5.11 Å². The highest BCUT2D eigenvalue weighted by atomic mass is 16.3. The Hall–Kier alpha value is -0.120. The van der Waals surface area contributed by atoms with Gasteiger partial charge >= 0.3 is 0 Å². The second-order valence-electron chi connectivity index (χ2n) is 3.72. The molecule has 0 aromatic carbocycles. The summed E-state index contributed by atoms with van der Waals surface area (Å²) in [6, 6.07) is 0.723. The van der Waals surface area contributed by atoms with Crippen molar-refractivity contribution >= 4 is 0 Å². The maximum atomic E-state index is 9.50. The predicted molar refractivity (Wildman–Crippen MR) is 45.6 cm³/mol. The van der Waals surface area contributed by atoms with Gasteiger partial charge in [-0.25, -0.2) is 0 Å². The zero-order valence-electron chi connectivity index (χ0n) is 7.54. The van der Waals surface area contributed by atoms with E-state index < -0.39 is 0 Å². The molecule has 3 heteroatoms. The van der Waals surface area contributed by atoms with Crippen molar-refractivity contribution in [3.8, 4) is 0 Å². The Morgan fingerprint density at radius 3 is 2.45 bits per heavy atom. The number of aliphatic hydroxyl groups excluding tert-OH is 1. The van der Waals surface area contributed by atoms with Crippen LogP contribution in [0.25, 0.3) is 0 Å². The Kier molecular flexibility index (Phi) is 2.87. The highest BCUT2D eigenvalue weighted by Crippen LogP contribution is 2.07. The lowest BCUT2D eigenvalue weighted by atomic mass is 10.2. The van der Waals surface area contributed by atoms with E-state index in [1.54, 1.807) is 0 Å². The van der Waals surface area contributed by atoms with Crippen LogP contribution < -0.4 is 5.32 Å². The number of nitrogens with one attached hydrogen (secondary N) is 1. The summed E-state index contributed by atoms with van der Waals surface area (Å²) in [7, 11) is 2.03. The molecule has 0 aliphatic carbocycles. The Bertz CT molecular complexity index is 127. The van der Waals surface area contributed by atoms with Crippen LogP contribution in [0.15, 0.2) is 0 Å². The van der Waals surface area contributed by atoms with Crippen molar-refractivity contribution in [1.82, 2.24) is 10.2 Å². The molecule has 66 valence electrons. The first kappa shape index (κ1) is 8.97. The third-order valence-corrected chi connectivity index (χ3v) is 2.02. The first-order valence-electron chi connectivity index (χ1n) is 4.22. The molecule has 1 rings (SSSR count). The molecule has 1 aliphatic heterocycles. The molecule has 0 amide bonds. The van der Waals surface area contributed by atoms with Crippen molar-refractivity contribution < 1.29 is 5.11 Å². The minimum atomic E-state index is -0.192. The van der Waals surface area contributed by atoms with Crippen LogP contribution in [-0.2, 0) is 0 Å². The third kappa shape index (κ3) is 2.43. The predicted octanol–water partition coefficient (Wildman–Crippen LogP) is -0.341. The largest absolute Gasteiger partial charge is 0.390 e. The SMILES string of the molecule is CC(C)N[C@H]1CN(C)C[C@@H]1O. The van der Waals surface area contributed by atoms with Crippen molar-refractivity contribution in [2.24, 2.45) is 0 Å². The molecular weight excluding hydrogens is 140 g/mol. The average molecular weight is 158 g/mol. The van der Waals surface area contributed by atoms with Crippen LogP contribution in [0, 0.1) is 0 Å². The van der Waals surface area contributed by atoms with Crippen LogP contribution in [0.5, 0.6) is 0 Å². The lowest BCUT2D eigenvalue weighted by Crippen LogP contribution is -2.42. The van der Waals surface area contributed by atoms with E-state index in [1.165, 1.54) is 0 Å². The summed E-state index contributed by atoms with van der Waals surface area (Å²) in [5.74, 6) is 0. The minimum Gasteiger partial charge on any atom is -0.390 e. The van der Waals surface area contributed by atoms with Crippen LogP contribution in [0.4, 0.5) is 0 Å². The molecule has 3 nitrogen and oxygen atoms in total. The smallest absolute Gasteiger partial charge is 0.0832 e. The Labute approximate surface area is 68.4 Å². The summed E-state index contributed by atoms with van der Waals surface area (Å²) in [4.78, 5) is 2.14. The molecule has 0 aromatic rings. The van der Waals surface area contributed by atoms with Crippen LogP contribution >= 0.6 is 0 Å². The fourth-order valence-corrected chi connectivity index (χ4v) is 1.57. The molecule has 1 saturated heterocycles. The molecule has 11 heavy (non-hydrogen) atoms. The highest BCUT2D eigenvalue weighted by molar-refractivity contribution is 4.88. The standard InChI is InChI=1S/C8H18N2O/c1-6(2)9-7-4-10(3)5-8(7)11/h6-9,11H,4-5H2,1-3H3/t7-,8-/m0/s1. The van der Waals surface area contributed by atoms with Gasteiger partial charge in [0.1, 0.15) is 0 Å². The first-order chi connectivity index (χ1) is 5.09. The maximum Gasteiger partial charge on any atom is 0.0832 e. The van der Waals surface area contributed by atoms with E-state index in [2.05, 4.69) is 24.1 Å². The van der Waals surface area contributed by atoms with Crippen molar-refractivity contribution in [1.29, 1.82) is 0 Å². The maximum absolute atomic E-state index is 9.50. The number of hydrogen-bond acceptors (Lipinski definition) is 3. The lowest BCUT2D eigenvalue weighted by Gasteiger charge is -2.18. The van der Waals surface area contributed by atoms with Crippen LogP contribution in [0.1, 0.15) is 13.8 Å². The second kappa shape index (κ2) is 3.52. The summed E-state index contributed by atoms with van der Waals surface area (Å²) in [6.45, 7) is 5.96. The van der Waals surface area contributed by atoms with E-state index in [0.717, 1.165) is 13.1 Å². The quantitative estimate of drug-likeness (QED) is 0.577. The van der Waals surface area contributed by atoms with Gasteiger partial charge in [-0.2, -0.15) is 0 Å². The topological polar surface area (TPSA) is 35.5 Å². The number of likely N-dealkylation sites (N-methyl/N-ethyl adjacent to an activating group) is 1. The molecule has 1 aliphatic rings. The van der Waals surface area contributed by atoms with Gasteiger partial charge in [-0.1, -0.05) is 13.8 Å². The summed E-state index contributed by atoms with van der Waals surface area (Å²) < 4.78 is 0. The fraction of sp³-hybridized carbons (Fsp3) is 1.00. The molecule has 0 unspecified atom stereocenters. The molecular formula is C8H18N2O. The monoisotopic (exact) mass is 158 g/mol. The number of rotatable bonds is 2. The number of β-amino-alcohol motifs (C(OH)–C–C–N with tert-alkyl or cyclic N) is 1. The van der Waals surface area contributed by atoms with Gasteiger partial charge in [0.15, 0.2) is 0 Å². The van der Waals surface area contributed by atoms with E-state index in [0.29, 0.717) is 6.04 Å². The van der Waals surface area contributed by atoms with Crippen molar-refractivity contribution in [3.63, 3.8) is 0 Å². The van der Waals surface area contributed by atoms with Gasteiger partial charge in [0.05, 0.1) is 6.10 Å². The van der Waals surface area contributed by atoms with Gasteiger partial charge in [-0.3, -0.25) is 0 Å². The van der Waals surface area contributed by atoms with E-state index in [1.807, 2.05) is 7.05 Å². The third-order valence-electron chi connectivity index (χ3n) is 2.02. The van der Waals surface area contributed by atoms with E-state index in [4.69, 9.17) is 0 Å². The Morgan fingerprint density at radius 1 is 1.45 bits per heavy atom. The number of hydrogen-bond donors (Lipinski definition) is 2.